The third-order valence-corrected chi connectivity index (χ3v) is 5.70. The molecule has 1 fully saturated rings. The Balaban J connectivity index is 2.42. The van der Waals surface area contributed by atoms with E-state index in [-0.39, 0.29) is 0 Å². The van der Waals surface area contributed by atoms with Crippen molar-refractivity contribution in [1.29, 1.82) is 5.41 Å². The highest BCUT2D eigenvalue weighted by Gasteiger charge is 2.63. The SMILES string of the molecule is N=C1c2ccccc2S(=O)(=O)C12CC2. The number of fused-ring (bicyclic) bond motifs is 1. The molecular formula is C10H9NO2S. The van der Waals surface area contributed by atoms with Gasteiger partial charge in [-0.1, -0.05) is 18.2 Å². The molecule has 2 aliphatic rings. The standard InChI is InChI=1S/C10H9NO2S/c11-9-7-3-1-2-4-8(7)14(12,13)10(9)5-6-10/h1-4,11H,5-6H2. The third kappa shape index (κ3) is 0.661. The Kier molecular flexibility index (Phi) is 1.22. The van der Waals surface area contributed by atoms with Crippen LogP contribution >= 0.6 is 0 Å². The summed E-state index contributed by atoms with van der Waals surface area (Å²) in [6.07, 6.45) is 1.23. The molecule has 1 N–H and O–H groups in total. The Morgan fingerprint density at radius 3 is 2.43 bits per heavy atom. The molecule has 3 nitrogen and oxygen atoms in total. The van der Waals surface area contributed by atoms with Gasteiger partial charge in [0.25, 0.3) is 0 Å². The highest BCUT2D eigenvalue weighted by Crippen LogP contribution is 2.54. The number of nitrogens with one attached hydrogen (secondary N) is 1. The molecule has 0 aromatic heterocycles. The molecule has 1 spiro atoms. The fourth-order valence-electron chi connectivity index (χ4n) is 2.13. The summed E-state index contributed by atoms with van der Waals surface area (Å²) in [6.45, 7) is 0. The van der Waals surface area contributed by atoms with Crippen molar-refractivity contribution in [3.8, 4) is 0 Å². The first kappa shape index (κ1) is 8.17. The van der Waals surface area contributed by atoms with Crippen LogP contribution in [0.15, 0.2) is 29.2 Å². The lowest BCUT2D eigenvalue weighted by Gasteiger charge is -2.04. The van der Waals surface area contributed by atoms with Gasteiger partial charge in [0.05, 0.1) is 10.6 Å². The highest BCUT2D eigenvalue weighted by atomic mass is 32.2. The smallest absolute Gasteiger partial charge is 0.190 e. The Hall–Kier alpha value is -1.16. The van der Waals surface area contributed by atoms with E-state index in [9.17, 15) is 8.42 Å². The largest absolute Gasteiger partial charge is 0.303 e. The predicted molar refractivity (Wildman–Crippen MR) is 52.4 cm³/mol. The van der Waals surface area contributed by atoms with E-state index in [1.54, 1.807) is 24.3 Å². The predicted octanol–water partition coefficient (Wildman–Crippen LogP) is 1.37. The zero-order valence-electron chi connectivity index (χ0n) is 7.45. The Morgan fingerprint density at radius 1 is 1.21 bits per heavy atom. The molecule has 0 bridgehead atoms. The van der Waals surface area contributed by atoms with Gasteiger partial charge in [0.2, 0.25) is 0 Å². The van der Waals surface area contributed by atoms with E-state index in [4.69, 9.17) is 5.41 Å². The highest BCUT2D eigenvalue weighted by molar-refractivity contribution is 7.94. The first-order valence-electron chi connectivity index (χ1n) is 4.53. The second-order valence-electron chi connectivity index (χ2n) is 3.87. The number of sulfone groups is 1. The maximum atomic E-state index is 12.0. The summed E-state index contributed by atoms with van der Waals surface area (Å²) in [5, 5.41) is 7.87. The van der Waals surface area contributed by atoms with Gasteiger partial charge in [-0.05, 0) is 18.9 Å². The molecule has 4 heteroatoms. The summed E-state index contributed by atoms with van der Waals surface area (Å²) in [6, 6.07) is 6.82. The van der Waals surface area contributed by atoms with Crippen molar-refractivity contribution < 1.29 is 8.42 Å². The van der Waals surface area contributed by atoms with Crippen molar-refractivity contribution in [3.05, 3.63) is 29.8 Å². The van der Waals surface area contributed by atoms with E-state index in [0.29, 0.717) is 29.0 Å². The summed E-state index contributed by atoms with van der Waals surface area (Å²) in [5.74, 6) is 0. The van der Waals surface area contributed by atoms with Crippen LogP contribution in [0.25, 0.3) is 0 Å². The van der Waals surface area contributed by atoms with Gasteiger partial charge in [-0.15, -0.1) is 0 Å². The maximum Gasteiger partial charge on any atom is 0.190 e. The van der Waals surface area contributed by atoms with E-state index >= 15 is 0 Å². The topological polar surface area (TPSA) is 58.0 Å². The van der Waals surface area contributed by atoms with Crippen LogP contribution < -0.4 is 0 Å². The van der Waals surface area contributed by atoms with Gasteiger partial charge in [0.15, 0.2) is 9.84 Å². The monoisotopic (exact) mass is 207 g/mol. The molecule has 1 aromatic carbocycles. The number of hydrogen-bond acceptors (Lipinski definition) is 3. The van der Waals surface area contributed by atoms with E-state index < -0.39 is 14.6 Å². The van der Waals surface area contributed by atoms with Crippen molar-refractivity contribution in [1.82, 2.24) is 0 Å². The second kappa shape index (κ2) is 2.08. The van der Waals surface area contributed by atoms with Gasteiger partial charge in [-0.3, -0.25) is 0 Å². The van der Waals surface area contributed by atoms with Crippen LogP contribution in [0.5, 0.6) is 0 Å². The maximum absolute atomic E-state index is 12.0. The first-order chi connectivity index (χ1) is 6.59. The molecule has 0 saturated heterocycles. The molecule has 14 heavy (non-hydrogen) atoms. The summed E-state index contributed by atoms with van der Waals surface area (Å²) < 4.78 is 23.2. The Bertz CT molecular complexity index is 541. The molecule has 72 valence electrons. The zero-order valence-corrected chi connectivity index (χ0v) is 8.26. The lowest BCUT2D eigenvalue weighted by molar-refractivity contribution is 0.592. The summed E-state index contributed by atoms with van der Waals surface area (Å²) in [4.78, 5) is 0.350. The molecule has 0 amide bonds. The first-order valence-corrected chi connectivity index (χ1v) is 6.01. The Morgan fingerprint density at radius 2 is 1.86 bits per heavy atom. The fourth-order valence-corrected chi connectivity index (χ4v) is 4.29. The lowest BCUT2D eigenvalue weighted by Crippen LogP contribution is -2.24. The van der Waals surface area contributed by atoms with Gasteiger partial charge in [-0.25, -0.2) is 8.42 Å². The van der Waals surface area contributed by atoms with E-state index in [1.165, 1.54) is 0 Å². The third-order valence-electron chi connectivity index (χ3n) is 3.12. The van der Waals surface area contributed by atoms with Crippen molar-refractivity contribution in [3.63, 3.8) is 0 Å². The molecule has 1 aromatic rings. The molecule has 0 unspecified atom stereocenters. The van der Waals surface area contributed by atoms with Crippen molar-refractivity contribution in [2.24, 2.45) is 0 Å². The molecule has 3 rings (SSSR count). The average Bonchev–Trinajstić information content (AvgIpc) is 2.95. The van der Waals surface area contributed by atoms with Crippen LogP contribution in [0.4, 0.5) is 0 Å². The second-order valence-corrected chi connectivity index (χ2v) is 6.10. The van der Waals surface area contributed by atoms with Crippen LogP contribution in [0, 0.1) is 5.41 Å². The number of hydrogen-bond donors (Lipinski definition) is 1. The normalized spacial score (nSPS) is 25.0. The van der Waals surface area contributed by atoms with Gasteiger partial charge >= 0.3 is 0 Å². The summed E-state index contributed by atoms with van der Waals surface area (Å²) >= 11 is 0. The van der Waals surface area contributed by atoms with Crippen LogP contribution in [-0.4, -0.2) is 18.9 Å². The van der Waals surface area contributed by atoms with Crippen LogP contribution in [0.1, 0.15) is 18.4 Å². The van der Waals surface area contributed by atoms with E-state index in [1.807, 2.05) is 0 Å². The minimum Gasteiger partial charge on any atom is -0.303 e. The molecule has 1 aliphatic carbocycles. The van der Waals surface area contributed by atoms with Gasteiger partial charge in [-0.2, -0.15) is 0 Å². The molecule has 1 aliphatic heterocycles. The molecule has 0 radical (unpaired) electrons. The Labute approximate surface area is 82.2 Å². The molecule has 1 saturated carbocycles. The van der Waals surface area contributed by atoms with Gasteiger partial charge < -0.3 is 5.41 Å². The molecular weight excluding hydrogens is 198 g/mol. The average molecular weight is 207 g/mol. The summed E-state index contributed by atoms with van der Waals surface area (Å²) in [7, 11) is -3.25. The van der Waals surface area contributed by atoms with E-state index in [2.05, 4.69) is 0 Å². The lowest BCUT2D eigenvalue weighted by atomic mass is 10.1. The number of rotatable bonds is 0. The van der Waals surface area contributed by atoms with Gasteiger partial charge in [0.1, 0.15) is 4.75 Å². The minimum atomic E-state index is -3.25. The van der Waals surface area contributed by atoms with Crippen molar-refractivity contribution >= 4 is 15.5 Å². The minimum absolute atomic E-state index is 0.299. The van der Waals surface area contributed by atoms with Crippen molar-refractivity contribution in [2.45, 2.75) is 22.5 Å². The molecule has 0 atom stereocenters. The fraction of sp³-hybridized carbons (Fsp3) is 0.300. The zero-order chi connectivity index (χ0) is 9.97. The number of benzene rings is 1. The molecule has 1 heterocycles. The van der Waals surface area contributed by atoms with Crippen molar-refractivity contribution in [2.75, 3.05) is 0 Å². The quantitative estimate of drug-likeness (QED) is 0.698. The van der Waals surface area contributed by atoms with Crippen LogP contribution in [0.3, 0.4) is 0 Å². The summed E-state index contributed by atoms with van der Waals surface area (Å²) in [5.41, 5.74) is 0.901. The van der Waals surface area contributed by atoms with Gasteiger partial charge in [0, 0.05) is 5.56 Å². The van der Waals surface area contributed by atoms with Crippen LogP contribution in [0.2, 0.25) is 0 Å². The van der Waals surface area contributed by atoms with E-state index in [0.717, 1.165) is 0 Å². The van der Waals surface area contributed by atoms with Crippen LogP contribution in [-0.2, 0) is 9.84 Å².